The van der Waals surface area contributed by atoms with Crippen molar-refractivity contribution in [2.24, 2.45) is 5.92 Å². The monoisotopic (exact) mass is 596 g/mol. The zero-order valence-corrected chi connectivity index (χ0v) is 24.3. The minimum absolute atomic E-state index is 0.0354. The van der Waals surface area contributed by atoms with Crippen molar-refractivity contribution in [1.82, 2.24) is 19.9 Å². The summed E-state index contributed by atoms with van der Waals surface area (Å²) in [5.41, 5.74) is -0.835. The quantitative estimate of drug-likeness (QED) is 0.352. The smallest absolute Gasteiger partial charge is 0.296 e. The van der Waals surface area contributed by atoms with Crippen molar-refractivity contribution in [3.05, 3.63) is 46.0 Å². The highest BCUT2D eigenvalue weighted by Gasteiger charge is 2.47. The van der Waals surface area contributed by atoms with Gasteiger partial charge in [-0.2, -0.15) is 9.97 Å². The van der Waals surface area contributed by atoms with Crippen LogP contribution in [0.25, 0.3) is 11.2 Å². The van der Waals surface area contributed by atoms with E-state index in [1.54, 1.807) is 13.8 Å². The van der Waals surface area contributed by atoms with E-state index in [-0.39, 0.29) is 59.5 Å². The Kier molecular flexibility index (Phi) is 9.37. The number of rotatable bonds is 8. The Bertz CT molecular complexity index is 1380. The molecule has 4 atom stereocenters. The number of nitrogens with zero attached hydrogens (tertiary/aromatic N) is 3. The number of ether oxygens (including phenoxy) is 3. The Labute approximate surface area is 241 Å². The van der Waals surface area contributed by atoms with Gasteiger partial charge in [0.25, 0.3) is 11.9 Å². The number of H-pyrrole nitrogens is 1. The van der Waals surface area contributed by atoms with Crippen molar-refractivity contribution in [3.63, 3.8) is 0 Å². The highest BCUT2D eigenvalue weighted by Crippen LogP contribution is 2.38. The molecule has 2 fully saturated rings. The van der Waals surface area contributed by atoms with Gasteiger partial charge in [0.15, 0.2) is 5.65 Å². The molecule has 13 heteroatoms. The molecule has 1 aromatic carbocycles. The molecule has 10 nitrogen and oxygen atoms in total. The second-order valence-corrected chi connectivity index (χ2v) is 10.9. The number of aromatic amines is 1. The number of halogens is 3. The molecule has 5 rings (SSSR count). The lowest BCUT2D eigenvalue weighted by molar-refractivity contribution is 0.0135. The Balaban J connectivity index is 0.00000189. The Morgan fingerprint density at radius 3 is 2.56 bits per heavy atom. The van der Waals surface area contributed by atoms with Crippen molar-refractivity contribution >= 4 is 28.7 Å². The average molecular weight is 597 g/mol. The van der Waals surface area contributed by atoms with Gasteiger partial charge in [-0.3, -0.25) is 4.79 Å². The summed E-state index contributed by atoms with van der Waals surface area (Å²) in [5, 5.41) is 19.6. The van der Waals surface area contributed by atoms with Crippen LogP contribution in [-0.2, 0) is 11.3 Å². The van der Waals surface area contributed by atoms with Gasteiger partial charge < -0.3 is 34.3 Å². The minimum Gasteiger partial charge on any atom is -0.471 e. The van der Waals surface area contributed by atoms with Gasteiger partial charge in [-0.25, -0.2) is 8.78 Å². The van der Waals surface area contributed by atoms with Crippen LogP contribution in [0.5, 0.6) is 11.9 Å². The van der Waals surface area contributed by atoms with E-state index in [0.29, 0.717) is 11.9 Å². The third kappa shape index (κ3) is 6.25. The highest BCUT2D eigenvalue weighted by molar-refractivity contribution is 6.32. The van der Waals surface area contributed by atoms with E-state index in [9.17, 15) is 23.8 Å². The van der Waals surface area contributed by atoms with Gasteiger partial charge in [-0.15, -0.1) is 0 Å². The molecule has 224 valence electrons. The Hall–Kier alpha value is -3.06. The largest absolute Gasteiger partial charge is 0.471 e. The van der Waals surface area contributed by atoms with Gasteiger partial charge in [0.2, 0.25) is 5.88 Å². The lowest BCUT2D eigenvalue weighted by Crippen LogP contribution is -2.47. The Morgan fingerprint density at radius 2 is 1.90 bits per heavy atom. The standard InChI is InChI=1S/C26H29ClF2N4O6.C2H6/c1-26(2,11-34)33(3)24(36)12-6-16(28)14(17(29)7-12)9-38-23-15(27)8-18-22(31-23)32-25(30-18)39-20-5-4-13-19(35)10-37-21(13)20;1-2/h6-8,13,19-21,34-35H,4-5,9-11H2,1-3H3,(H,30,31,32);1-2H3/t13?,19-,20-,21+;/m1./s1. The SMILES string of the molecule is CC.CN(C(=O)c1cc(F)c(COc2nc3nc(O[C@@H]4CCC5[C@H](O)CO[C@@H]54)[nH]c3cc2Cl)c(F)c1)C(C)(C)CO. The summed E-state index contributed by atoms with van der Waals surface area (Å²) in [6.07, 6.45) is 0.526. The van der Waals surface area contributed by atoms with Crippen LogP contribution in [0, 0.1) is 17.6 Å². The molecule has 3 N–H and O–H groups in total. The van der Waals surface area contributed by atoms with E-state index in [1.165, 1.54) is 18.0 Å². The number of carbonyl (C=O) groups excluding carboxylic acids is 1. The lowest BCUT2D eigenvalue weighted by Gasteiger charge is -2.34. The molecule has 0 spiro atoms. The normalized spacial score (nSPS) is 21.8. The summed E-state index contributed by atoms with van der Waals surface area (Å²) in [6.45, 7) is 6.67. The number of nitrogens with one attached hydrogen (secondary N) is 1. The zero-order valence-electron chi connectivity index (χ0n) is 23.6. The molecule has 1 aliphatic heterocycles. The van der Waals surface area contributed by atoms with Crippen molar-refractivity contribution in [2.75, 3.05) is 20.3 Å². The van der Waals surface area contributed by atoms with Crippen molar-refractivity contribution in [1.29, 1.82) is 0 Å². The molecule has 41 heavy (non-hydrogen) atoms. The molecule has 1 saturated heterocycles. The number of benzene rings is 1. The Morgan fingerprint density at radius 1 is 1.22 bits per heavy atom. The summed E-state index contributed by atoms with van der Waals surface area (Å²) in [5.74, 6) is -2.65. The number of hydrogen-bond donors (Lipinski definition) is 3. The molecule has 1 amide bonds. The number of hydrogen-bond acceptors (Lipinski definition) is 8. The number of carbonyl (C=O) groups is 1. The third-order valence-electron chi connectivity index (χ3n) is 7.50. The van der Waals surface area contributed by atoms with Crippen LogP contribution in [0.15, 0.2) is 18.2 Å². The van der Waals surface area contributed by atoms with Crippen LogP contribution >= 0.6 is 11.6 Å². The minimum atomic E-state index is -0.977. The van der Waals surface area contributed by atoms with Crippen LogP contribution < -0.4 is 9.47 Å². The fourth-order valence-electron chi connectivity index (χ4n) is 4.82. The fourth-order valence-corrected chi connectivity index (χ4v) is 5.03. The van der Waals surface area contributed by atoms with E-state index in [4.69, 9.17) is 25.8 Å². The number of aliphatic hydroxyl groups excluding tert-OH is 2. The molecule has 1 aliphatic carbocycles. The maximum atomic E-state index is 14.8. The number of amides is 1. The first-order valence-electron chi connectivity index (χ1n) is 13.5. The molecule has 0 radical (unpaired) electrons. The predicted octanol–water partition coefficient (Wildman–Crippen LogP) is 4.25. The van der Waals surface area contributed by atoms with Gasteiger partial charge in [0.1, 0.15) is 29.4 Å². The molecule has 1 saturated carbocycles. The predicted molar refractivity (Wildman–Crippen MR) is 147 cm³/mol. The maximum absolute atomic E-state index is 14.8. The molecule has 3 aromatic rings. The number of imidazole rings is 1. The zero-order chi connectivity index (χ0) is 30.1. The van der Waals surface area contributed by atoms with Gasteiger partial charge >= 0.3 is 0 Å². The van der Waals surface area contributed by atoms with Crippen LogP contribution in [0.2, 0.25) is 5.02 Å². The van der Waals surface area contributed by atoms with E-state index in [0.717, 1.165) is 18.6 Å². The van der Waals surface area contributed by atoms with Crippen molar-refractivity contribution in [3.8, 4) is 11.9 Å². The summed E-state index contributed by atoms with van der Waals surface area (Å²) in [7, 11) is 1.44. The van der Waals surface area contributed by atoms with E-state index < -0.39 is 41.4 Å². The van der Waals surface area contributed by atoms with Gasteiger partial charge in [-0.05, 0) is 44.9 Å². The van der Waals surface area contributed by atoms with E-state index in [2.05, 4.69) is 15.0 Å². The topological polar surface area (TPSA) is 130 Å². The number of pyridine rings is 1. The van der Waals surface area contributed by atoms with Gasteiger partial charge in [0.05, 0.1) is 42.0 Å². The number of aliphatic hydroxyl groups is 2. The van der Waals surface area contributed by atoms with Crippen molar-refractivity contribution in [2.45, 2.75) is 71.0 Å². The number of fused-ring (bicyclic) bond motifs is 2. The summed E-state index contributed by atoms with van der Waals surface area (Å²) in [4.78, 5) is 25.5. The summed E-state index contributed by atoms with van der Waals surface area (Å²) < 4.78 is 46.8. The second-order valence-electron chi connectivity index (χ2n) is 10.5. The lowest BCUT2D eigenvalue weighted by atomic mass is 10.0. The van der Waals surface area contributed by atoms with Crippen LogP contribution in [0.4, 0.5) is 8.78 Å². The van der Waals surface area contributed by atoms with E-state index >= 15 is 0 Å². The average Bonchev–Trinajstić information content (AvgIpc) is 3.64. The van der Waals surface area contributed by atoms with Crippen LogP contribution in [0.1, 0.15) is 56.5 Å². The van der Waals surface area contributed by atoms with Gasteiger partial charge in [0, 0.05) is 18.5 Å². The fraction of sp³-hybridized carbons (Fsp3) is 0.536. The number of aromatic nitrogens is 3. The van der Waals surface area contributed by atoms with Crippen LogP contribution in [-0.4, -0.2) is 80.1 Å². The first kappa shape index (κ1) is 30.9. The third-order valence-corrected chi connectivity index (χ3v) is 7.77. The number of likely N-dealkylation sites (N-methyl/N-ethyl adjacent to an activating group) is 1. The first-order valence-corrected chi connectivity index (χ1v) is 13.9. The second kappa shape index (κ2) is 12.4. The highest BCUT2D eigenvalue weighted by atomic mass is 35.5. The molecular weight excluding hydrogens is 562 g/mol. The molecule has 0 bridgehead atoms. The molecular formula is C28H35ClF2N4O6. The first-order chi connectivity index (χ1) is 19.5. The molecule has 3 heterocycles. The maximum Gasteiger partial charge on any atom is 0.296 e. The molecule has 2 aromatic heterocycles. The molecule has 2 aliphatic rings. The van der Waals surface area contributed by atoms with E-state index in [1.807, 2.05) is 13.8 Å². The van der Waals surface area contributed by atoms with Crippen LogP contribution in [0.3, 0.4) is 0 Å². The summed E-state index contributed by atoms with van der Waals surface area (Å²) >= 11 is 6.29. The van der Waals surface area contributed by atoms with Crippen molar-refractivity contribution < 1.29 is 38.0 Å². The molecule has 1 unspecified atom stereocenters. The summed E-state index contributed by atoms with van der Waals surface area (Å²) in [6, 6.07) is 3.56. The van der Waals surface area contributed by atoms with Gasteiger partial charge in [-0.1, -0.05) is 25.4 Å².